The highest BCUT2D eigenvalue weighted by Gasteiger charge is 2.46. The molecule has 17 heteroatoms. The van der Waals surface area contributed by atoms with E-state index in [2.05, 4.69) is 65.4 Å². The standard InChI is InChI=1S/C25H37N2O2.C2F6NO4S2/c1-3-24(28)29-22-16-11-9-7-5-6-8-10-15-19-27-21-20-26(4-2)25(27)23-17-13-12-14-18-23;3-1(4,5)14(10,11)9-15(12,13)2(6,7)8/h3,12-14,17-18,20-21H,1,4-11,15-16,19,22H2,2H3;/q+1;-1. The van der Waals surface area contributed by atoms with Crippen LogP contribution in [0.1, 0.15) is 64.7 Å². The van der Waals surface area contributed by atoms with Crippen LogP contribution in [0.15, 0.2) is 55.4 Å². The summed E-state index contributed by atoms with van der Waals surface area (Å²) in [4.78, 5) is 10.9. The molecule has 0 atom stereocenters. The second kappa shape index (κ2) is 18.1. The van der Waals surface area contributed by atoms with Gasteiger partial charge in [0.15, 0.2) is 20.0 Å². The molecule has 2 rings (SSSR count). The van der Waals surface area contributed by atoms with Gasteiger partial charge in [-0.15, -0.1) is 0 Å². The molecule has 0 saturated carbocycles. The molecular weight excluding hydrogens is 640 g/mol. The van der Waals surface area contributed by atoms with Gasteiger partial charge in [-0.2, -0.15) is 26.3 Å². The highest BCUT2D eigenvalue weighted by molar-refractivity contribution is 8.13. The van der Waals surface area contributed by atoms with Gasteiger partial charge in [-0.1, -0.05) is 63.3 Å². The highest BCUT2D eigenvalue weighted by atomic mass is 32.3. The predicted octanol–water partition coefficient (Wildman–Crippen LogP) is 6.76. The first-order valence-corrected chi connectivity index (χ1v) is 16.6. The van der Waals surface area contributed by atoms with Crippen molar-refractivity contribution in [3.63, 3.8) is 0 Å². The fourth-order valence-corrected chi connectivity index (χ4v) is 5.60. The van der Waals surface area contributed by atoms with E-state index in [1.54, 1.807) is 0 Å². The predicted molar refractivity (Wildman–Crippen MR) is 152 cm³/mol. The highest BCUT2D eigenvalue weighted by Crippen LogP contribution is 2.36. The molecule has 0 spiro atoms. The number of halogens is 6. The number of alkyl halides is 6. The maximum absolute atomic E-state index is 11.4. The summed E-state index contributed by atoms with van der Waals surface area (Å²) in [6, 6.07) is 10.7. The van der Waals surface area contributed by atoms with Gasteiger partial charge < -0.3 is 8.86 Å². The van der Waals surface area contributed by atoms with Gasteiger partial charge in [0, 0.05) is 6.08 Å². The van der Waals surface area contributed by atoms with E-state index in [1.807, 2.05) is 0 Å². The van der Waals surface area contributed by atoms with Crippen LogP contribution in [0.25, 0.3) is 15.5 Å². The summed E-state index contributed by atoms with van der Waals surface area (Å²) >= 11 is 0. The van der Waals surface area contributed by atoms with Gasteiger partial charge in [-0.3, -0.25) is 0 Å². The number of hydrogen-bond donors (Lipinski definition) is 0. The van der Waals surface area contributed by atoms with Crippen molar-refractivity contribution in [1.29, 1.82) is 0 Å². The normalized spacial score (nSPS) is 12.3. The molecule has 0 unspecified atom stereocenters. The maximum atomic E-state index is 11.4. The second-order valence-electron chi connectivity index (χ2n) is 9.44. The molecule has 0 N–H and O–H groups in total. The summed E-state index contributed by atoms with van der Waals surface area (Å²) in [6.07, 6.45) is 16.7. The van der Waals surface area contributed by atoms with Crippen molar-refractivity contribution < 1.29 is 57.3 Å². The molecule has 0 aliphatic carbocycles. The summed E-state index contributed by atoms with van der Waals surface area (Å²) in [6.45, 7) is 8.19. The van der Waals surface area contributed by atoms with Gasteiger partial charge in [-0.25, -0.2) is 30.8 Å². The third-order valence-electron chi connectivity index (χ3n) is 6.08. The van der Waals surface area contributed by atoms with Gasteiger partial charge in [0.05, 0.1) is 25.3 Å². The summed E-state index contributed by atoms with van der Waals surface area (Å²) in [5, 5.41) is 0. The molecule has 0 amide bonds. The van der Waals surface area contributed by atoms with Crippen molar-refractivity contribution in [1.82, 2.24) is 4.57 Å². The van der Waals surface area contributed by atoms with Crippen LogP contribution in [0, 0.1) is 0 Å². The van der Waals surface area contributed by atoms with Crippen molar-refractivity contribution in [2.45, 2.75) is 88.8 Å². The number of esters is 1. The molecule has 0 aliphatic rings. The van der Waals surface area contributed by atoms with Crippen LogP contribution >= 0.6 is 0 Å². The van der Waals surface area contributed by atoms with E-state index >= 15 is 0 Å². The Bertz CT molecular complexity index is 1330. The van der Waals surface area contributed by atoms with Gasteiger partial charge in [0.25, 0.3) is 5.82 Å². The lowest BCUT2D eigenvalue weighted by Crippen LogP contribution is -2.34. The average Bonchev–Trinajstić information content (AvgIpc) is 3.35. The van der Waals surface area contributed by atoms with E-state index in [0.29, 0.717) is 6.61 Å². The number of rotatable bonds is 17. The van der Waals surface area contributed by atoms with Crippen LogP contribution in [0.3, 0.4) is 0 Å². The number of nitrogens with zero attached hydrogens (tertiary/aromatic N) is 3. The molecule has 0 fully saturated rings. The molecule has 9 nitrogen and oxygen atoms in total. The smallest absolute Gasteiger partial charge is 0.463 e. The van der Waals surface area contributed by atoms with E-state index in [0.717, 1.165) is 30.1 Å². The topological polar surface area (TPSA) is 117 Å². The number of carbonyl (C=O) groups is 1. The SMILES string of the molecule is C=CC(=O)OCCCCCCCCCCC[n+]1ccn(CC)c1-c1ccccc1.O=S(=O)([N-]S(=O)(=O)C(F)(F)F)C(F)(F)F. The van der Waals surface area contributed by atoms with Gasteiger partial charge in [-0.05, 0) is 38.3 Å². The van der Waals surface area contributed by atoms with Crippen LogP contribution in [-0.2, 0) is 42.7 Å². The van der Waals surface area contributed by atoms with Crippen LogP contribution in [0.4, 0.5) is 26.3 Å². The van der Waals surface area contributed by atoms with Crippen LogP contribution in [0.5, 0.6) is 0 Å². The van der Waals surface area contributed by atoms with Gasteiger partial charge in [0.1, 0.15) is 12.4 Å². The fraction of sp³-hybridized carbons (Fsp3) is 0.556. The van der Waals surface area contributed by atoms with Crippen molar-refractivity contribution in [2.24, 2.45) is 0 Å². The van der Waals surface area contributed by atoms with E-state index < -0.39 is 31.1 Å². The zero-order valence-electron chi connectivity index (χ0n) is 24.2. The molecule has 1 aromatic heterocycles. The number of ether oxygens (including phenoxy) is 1. The van der Waals surface area contributed by atoms with Crippen LogP contribution < -0.4 is 4.57 Å². The Morgan fingerprint density at radius 1 is 0.864 bits per heavy atom. The van der Waals surface area contributed by atoms with Gasteiger partial charge >= 0.3 is 17.0 Å². The quantitative estimate of drug-likeness (QED) is 0.0601. The Balaban J connectivity index is 0.000000546. The number of sulfonamides is 2. The second-order valence-corrected chi connectivity index (χ2v) is 12.9. The van der Waals surface area contributed by atoms with E-state index in [9.17, 15) is 48.0 Å². The lowest BCUT2D eigenvalue weighted by atomic mass is 10.1. The first-order valence-electron chi connectivity index (χ1n) is 13.8. The summed E-state index contributed by atoms with van der Waals surface area (Å²) in [5.74, 6) is 0.997. The molecule has 0 aliphatic heterocycles. The number of benzene rings is 1. The molecule has 1 heterocycles. The fourth-order valence-electron chi connectivity index (χ4n) is 3.89. The minimum atomic E-state index is -6.72. The molecule has 0 bridgehead atoms. The van der Waals surface area contributed by atoms with Crippen LogP contribution in [0.2, 0.25) is 0 Å². The number of unbranched alkanes of at least 4 members (excludes halogenated alkanes) is 8. The molecule has 0 radical (unpaired) electrons. The number of carbonyl (C=O) groups excluding carboxylic acids is 1. The molecule has 44 heavy (non-hydrogen) atoms. The Kier molecular flexibility index (Phi) is 16.1. The van der Waals surface area contributed by atoms with E-state index in [-0.39, 0.29) is 5.97 Å². The summed E-state index contributed by atoms with van der Waals surface area (Å²) < 4.78 is 119. The largest absolute Gasteiger partial charge is 0.480 e. The zero-order valence-corrected chi connectivity index (χ0v) is 25.8. The first-order chi connectivity index (χ1) is 20.5. The monoisotopic (exact) mass is 677 g/mol. The first kappa shape index (κ1) is 39.1. The lowest BCUT2D eigenvalue weighted by Gasteiger charge is -2.22. The average molecular weight is 678 g/mol. The Morgan fingerprint density at radius 3 is 1.80 bits per heavy atom. The van der Waals surface area contributed by atoms with Crippen molar-refractivity contribution in [3.05, 3.63) is 59.5 Å². The van der Waals surface area contributed by atoms with Crippen LogP contribution in [-0.4, -0.2) is 45.0 Å². The minimum Gasteiger partial charge on any atom is -0.463 e. The molecular formula is C27H37F6N3O6S2. The minimum absolute atomic E-state index is 0.315. The van der Waals surface area contributed by atoms with Crippen molar-refractivity contribution in [3.8, 4) is 11.4 Å². The maximum Gasteiger partial charge on any atom is 0.480 e. The number of aromatic nitrogens is 2. The molecule has 2 aromatic rings. The van der Waals surface area contributed by atoms with Crippen molar-refractivity contribution in [2.75, 3.05) is 6.61 Å². The number of aryl methyl sites for hydroxylation is 2. The number of hydrogen-bond acceptors (Lipinski definition) is 6. The summed E-state index contributed by atoms with van der Waals surface area (Å²) in [7, 11) is -13.4. The van der Waals surface area contributed by atoms with E-state index in [1.165, 1.54) is 62.4 Å². The molecule has 0 saturated heterocycles. The summed E-state index contributed by atoms with van der Waals surface area (Å²) in [5.41, 5.74) is -11.1. The van der Waals surface area contributed by atoms with Gasteiger partial charge in [0.2, 0.25) is 0 Å². The zero-order chi connectivity index (χ0) is 33.4. The third kappa shape index (κ3) is 13.4. The Morgan fingerprint density at radius 2 is 1.34 bits per heavy atom. The Labute approximate surface area is 254 Å². The lowest BCUT2D eigenvalue weighted by molar-refractivity contribution is -0.686. The van der Waals surface area contributed by atoms with E-state index in [4.69, 9.17) is 4.74 Å². The molecule has 250 valence electrons. The third-order valence-corrected chi connectivity index (χ3v) is 8.82. The number of imidazole rings is 1. The molecule has 1 aromatic carbocycles. The Hall–Kier alpha value is -2.92. The van der Waals surface area contributed by atoms with Crippen molar-refractivity contribution >= 4 is 26.0 Å².